The quantitative estimate of drug-likeness (QED) is 0.473. The van der Waals surface area contributed by atoms with Gasteiger partial charge in [0.25, 0.3) is 0 Å². The van der Waals surface area contributed by atoms with Gasteiger partial charge in [0.2, 0.25) is 0 Å². The van der Waals surface area contributed by atoms with Crippen molar-refractivity contribution in [2.75, 3.05) is 6.61 Å². The van der Waals surface area contributed by atoms with Crippen LogP contribution in [-0.2, 0) is 4.84 Å². The Bertz CT molecular complexity index is 77.3. The predicted molar refractivity (Wildman–Crippen MR) is 41.3 cm³/mol. The lowest BCUT2D eigenvalue weighted by atomic mass is 10.0. The third-order valence-corrected chi connectivity index (χ3v) is 2.31. The first kappa shape index (κ1) is 8.02. The van der Waals surface area contributed by atoms with Crippen LogP contribution in [0.15, 0.2) is 0 Å². The highest BCUT2D eigenvalue weighted by Gasteiger charge is 2.11. The lowest BCUT2D eigenvalue weighted by molar-refractivity contribution is 0.0955. The Morgan fingerprint density at radius 1 is 1.10 bits per heavy atom. The van der Waals surface area contributed by atoms with Gasteiger partial charge >= 0.3 is 0 Å². The average Bonchev–Trinajstić information content (AvgIpc) is 2.17. The zero-order valence-corrected chi connectivity index (χ0v) is 6.51. The molecule has 0 bridgehead atoms. The van der Waals surface area contributed by atoms with Crippen molar-refractivity contribution in [3.63, 3.8) is 0 Å². The van der Waals surface area contributed by atoms with E-state index in [2.05, 4.69) is 4.84 Å². The average molecular weight is 143 g/mol. The van der Waals surface area contributed by atoms with Gasteiger partial charge in [0.05, 0.1) is 6.61 Å². The summed E-state index contributed by atoms with van der Waals surface area (Å²) in [6, 6.07) is 0. The van der Waals surface area contributed by atoms with Crippen LogP contribution in [0.5, 0.6) is 0 Å². The highest BCUT2D eigenvalue weighted by Crippen LogP contribution is 2.22. The van der Waals surface area contributed by atoms with Gasteiger partial charge in [0, 0.05) is 0 Å². The molecule has 1 aliphatic rings. The Morgan fingerprint density at radius 2 is 1.70 bits per heavy atom. The van der Waals surface area contributed by atoms with Gasteiger partial charge < -0.3 is 4.84 Å². The minimum atomic E-state index is 0.743. The van der Waals surface area contributed by atoms with Gasteiger partial charge in [0.15, 0.2) is 0 Å². The van der Waals surface area contributed by atoms with E-state index >= 15 is 0 Å². The van der Waals surface area contributed by atoms with Crippen molar-refractivity contribution in [1.29, 1.82) is 0 Å². The fourth-order valence-electron chi connectivity index (χ4n) is 1.67. The van der Waals surface area contributed by atoms with Crippen LogP contribution in [0.1, 0.15) is 38.5 Å². The number of nitrogens with two attached hydrogens (primary N) is 1. The Balaban J connectivity index is 2.15. The lowest BCUT2D eigenvalue weighted by Gasteiger charge is -2.10. The second-order valence-corrected chi connectivity index (χ2v) is 3.19. The number of hydrogen-bond acceptors (Lipinski definition) is 2. The summed E-state index contributed by atoms with van der Waals surface area (Å²) in [6.07, 6.45) is 8.18. The molecule has 0 heterocycles. The molecule has 60 valence electrons. The first-order valence-corrected chi connectivity index (χ1v) is 4.25. The van der Waals surface area contributed by atoms with E-state index in [4.69, 9.17) is 5.90 Å². The smallest absolute Gasteiger partial charge is 0.0707 e. The van der Waals surface area contributed by atoms with E-state index in [0.717, 1.165) is 12.5 Å². The standard InChI is InChI=1S/C8H17NO/c9-10-7-8-5-3-1-2-4-6-8/h8H,1-7,9H2. The van der Waals surface area contributed by atoms with E-state index in [1.165, 1.54) is 38.5 Å². The first-order valence-electron chi connectivity index (χ1n) is 4.25. The molecule has 0 aromatic heterocycles. The third-order valence-electron chi connectivity index (χ3n) is 2.31. The SMILES string of the molecule is NOCC1CCCCCC1. The molecule has 0 saturated heterocycles. The van der Waals surface area contributed by atoms with E-state index in [1.54, 1.807) is 0 Å². The van der Waals surface area contributed by atoms with Crippen LogP contribution in [-0.4, -0.2) is 6.61 Å². The maximum atomic E-state index is 5.01. The summed E-state index contributed by atoms with van der Waals surface area (Å²) in [5, 5.41) is 0. The van der Waals surface area contributed by atoms with Gasteiger partial charge in [-0.05, 0) is 18.8 Å². The Morgan fingerprint density at radius 3 is 2.20 bits per heavy atom. The molecule has 0 amide bonds. The highest BCUT2D eigenvalue weighted by atomic mass is 16.6. The summed E-state index contributed by atoms with van der Waals surface area (Å²) < 4.78 is 0. The molecule has 1 saturated carbocycles. The van der Waals surface area contributed by atoms with Crippen LogP contribution in [0.4, 0.5) is 0 Å². The van der Waals surface area contributed by atoms with Crippen molar-refractivity contribution >= 4 is 0 Å². The molecule has 1 rings (SSSR count). The maximum Gasteiger partial charge on any atom is 0.0707 e. The molecule has 0 aromatic rings. The minimum absolute atomic E-state index is 0.743. The van der Waals surface area contributed by atoms with E-state index in [1.807, 2.05) is 0 Å². The molecule has 1 fully saturated rings. The van der Waals surface area contributed by atoms with Crippen LogP contribution in [0, 0.1) is 5.92 Å². The number of hydrogen-bond donors (Lipinski definition) is 1. The predicted octanol–water partition coefficient (Wildman–Crippen LogP) is 1.85. The topological polar surface area (TPSA) is 35.2 Å². The molecule has 2 nitrogen and oxygen atoms in total. The monoisotopic (exact) mass is 143 g/mol. The van der Waals surface area contributed by atoms with E-state index < -0.39 is 0 Å². The van der Waals surface area contributed by atoms with Crippen LogP contribution >= 0.6 is 0 Å². The molecule has 0 atom stereocenters. The van der Waals surface area contributed by atoms with Gasteiger partial charge in [-0.15, -0.1) is 0 Å². The van der Waals surface area contributed by atoms with E-state index in [0.29, 0.717) is 0 Å². The number of rotatable bonds is 2. The van der Waals surface area contributed by atoms with Gasteiger partial charge in [-0.2, -0.15) is 0 Å². The molecule has 2 N–H and O–H groups in total. The zero-order chi connectivity index (χ0) is 7.23. The van der Waals surface area contributed by atoms with Crippen molar-refractivity contribution in [2.24, 2.45) is 11.8 Å². The van der Waals surface area contributed by atoms with Crippen molar-refractivity contribution in [3.05, 3.63) is 0 Å². The normalized spacial score (nSPS) is 22.5. The highest BCUT2D eigenvalue weighted by molar-refractivity contribution is 4.63. The van der Waals surface area contributed by atoms with Crippen molar-refractivity contribution in [2.45, 2.75) is 38.5 Å². The second kappa shape index (κ2) is 4.69. The van der Waals surface area contributed by atoms with Gasteiger partial charge in [-0.3, -0.25) is 0 Å². The van der Waals surface area contributed by atoms with Crippen LogP contribution in [0.3, 0.4) is 0 Å². The van der Waals surface area contributed by atoms with Gasteiger partial charge in [0.1, 0.15) is 0 Å². The molecule has 0 aliphatic heterocycles. The van der Waals surface area contributed by atoms with Gasteiger partial charge in [-0.25, -0.2) is 5.90 Å². The summed E-state index contributed by atoms with van der Waals surface area (Å²) in [7, 11) is 0. The summed E-state index contributed by atoms with van der Waals surface area (Å²) in [4.78, 5) is 4.64. The second-order valence-electron chi connectivity index (χ2n) is 3.19. The molecule has 1 aliphatic carbocycles. The van der Waals surface area contributed by atoms with Crippen LogP contribution in [0.2, 0.25) is 0 Å². The lowest BCUT2D eigenvalue weighted by Crippen LogP contribution is -2.11. The molecule has 0 unspecified atom stereocenters. The van der Waals surface area contributed by atoms with Crippen molar-refractivity contribution < 1.29 is 4.84 Å². The molecule has 0 radical (unpaired) electrons. The molecule has 10 heavy (non-hydrogen) atoms. The van der Waals surface area contributed by atoms with Crippen molar-refractivity contribution in [1.82, 2.24) is 0 Å². The molecular formula is C8H17NO. The summed E-state index contributed by atoms with van der Waals surface area (Å²) in [5.74, 6) is 5.75. The Kier molecular flexibility index (Phi) is 3.76. The first-order chi connectivity index (χ1) is 4.93. The fraction of sp³-hybridized carbons (Fsp3) is 1.00. The maximum absolute atomic E-state index is 5.01. The zero-order valence-electron chi connectivity index (χ0n) is 6.51. The Hall–Kier alpha value is -0.0800. The third kappa shape index (κ3) is 2.67. The molecule has 0 aromatic carbocycles. The molecular weight excluding hydrogens is 126 g/mol. The van der Waals surface area contributed by atoms with E-state index in [9.17, 15) is 0 Å². The summed E-state index contributed by atoms with van der Waals surface area (Å²) in [6.45, 7) is 0.764. The van der Waals surface area contributed by atoms with Crippen LogP contribution < -0.4 is 5.90 Å². The van der Waals surface area contributed by atoms with Crippen LogP contribution in [0.25, 0.3) is 0 Å². The molecule has 2 heteroatoms. The van der Waals surface area contributed by atoms with Crippen molar-refractivity contribution in [3.8, 4) is 0 Å². The summed E-state index contributed by atoms with van der Waals surface area (Å²) in [5.41, 5.74) is 0. The Labute approximate surface area is 62.7 Å². The fourth-order valence-corrected chi connectivity index (χ4v) is 1.67. The van der Waals surface area contributed by atoms with Gasteiger partial charge in [-0.1, -0.05) is 25.7 Å². The largest absolute Gasteiger partial charge is 0.304 e. The van der Waals surface area contributed by atoms with E-state index in [-0.39, 0.29) is 0 Å². The molecule has 0 spiro atoms. The summed E-state index contributed by atoms with van der Waals surface area (Å²) >= 11 is 0. The minimum Gasteiger partial charge on any atom is -0.304 e.